The van der Waals surface area contributed by atoms with Crippen LogP contribution in [0.15, 0.2) is 24.5 Å². The van der Waals surface area contributed by atoms with Gasteiger partial charge in [0.1, 0.15) is 11.6 Å². The van der Waals surface area contributed by atoms with Crippen LogP contribution >= 0.6 is 11.8 Å². The molecule has 6 nitrogen and oxygen atoms in total. The lowest BCUT2D eigenvalue weighted by Crippen LogP contribution is -2.49. The highest BCUT2D eigenvalue weighted by Crippen LogP contribution is 2.24. The van der Waals surface area contributed by atoms with E-state index in [-0.39, 0.29) is 11.9 Å². The van der Waals surface area contributed by atoms with Gasteiger partial charge in [-0.05, 0) is 45.4 Å². The fourth-order valence-corrected chi connectivity index (χ4v) is 3.35. The lowest BCUT2D eigenvalue weighted by molar-refractivity contribution is -0.125. The highest BCUT2D eigenvalue weighted by molar-refractivity contribution is 7.99. The number of hydrogen-bond acceptors (Lipinski definition) is 5. The van der Waals surface area contributed by atoms with Crippen molar-refractivity contribution in [3.8, 4) is 0 Å². The van der Waals surface area contributed by atoms with E-state index in [0.29, 0.717) is 11.6 Å². The zero-order chi connectivity index (χ0) is 17.0. The molecule has 1 aromatic heterocycles. The van der Waals surface area contributed by atoms with Gasteiger partial charge in [-0.1, -0.05) is 0 Å². The molecule has 2 rings (SSSR count). The Labute approximate surface area is 141 Å². The Morgan fingerprint density at radius 2 is 2.04 bits per heavy atom. The van der Waals surface area contributed by atoms with E-state index in [1.54, 1.807) is 24.2 Å². The fraction of sp³-hybridized carbons (Fsp3) is 0.562. The number of hydrogen-bond donors (Lipinski definition) is 1. The zero-order valence-corrected chi connectivity index (χ0v) is 14.7. The van der Waals surface area contributed by atoms with E-state index in [1.807, 2.05) is 39.8 Å². The highest BCUT2D eigenvalue weighted by atomic mass is 32.2. The smallest absolute Gasteiger partial charge is 0.411 e. The van der Waals surface area contributed by atoms with Gasteiger partial charge < -0.3 is 10.1 Å². The second kappa shape index (κ2) is 7.21. The maximum Gasteiger partial charge on any atom is 0.411 e. The van der Waals surface area contributed by atoms with Crippen molar-refractivity contribution in [1.29, 1.82) is 0 Å². The van der Waals surface area contributed by atoms with Crippen molar-refractivity contribution in [3.05, 3.63) is 30.1 Å². The maximum absolute atomic E-state index is 12.5. The van der Waals surface area contributed by atoms with Gasteiger partial charge in [-0.25, -0.2) is 4.79 Å². The fourth-order valence-electron chi connectivity index (χ4n) is 2.21. The van der Waals surface area contributed by atoms with Crippen molar-refractivity contribution in [2.24, 2.45) is 0 Å². The van der Waals surface area contributed by atoms with E-state index < -0.39 is 17.7 Å². The molecule has 2 heterocycles. The van der Waals surface area contributed by atoms with Crippen molar-refractivity contribution in [2.75, 3.05) is 11.6 Å². The number of ether oxygens (including phenoxy) is 1. The average molecular weight is 337 g/mol. The number of nitrogens with one attached hydrogen (secondary N) is 1. The number of aromatic nitrogens is 1. The molecule has 0 aliphatic carbocycles. The Morgan fingerprint density at radius 3 is 2.65 bits per heavy atom. The molecule has 1 aliphatic heterocycles. The van der Waals surface area contributed by atoms with E-state index in [1.165, 1.54) is 4.90 Å². The Balaban J connectivity index is 1.99. The number of amides is 2. The van der Waals surface area contributed by atoms with Gasteiger partial charge in [0.25, 0.3) is 0 Å². The van der Waals surface area contributed by atoms with Crippen LogP contribution in [-0.2, 0) is 9.53 Å². The normalized spacial score (nSPS) is 19.3. The zero-order valence-electron chi connectivity index (χ0n) is 13.9. The molecule has 7 heteroatoms. The average Bonchev–Trinajstić information content (AvgIpc) is 2.96. The molecule has 0 spiro atoms. The van der Waals surface area contributed by atoms with E-state index >= 15 is 0 Å². The van der Waals surface area contributed by atoms with E-state index in [0.717, 1.165) is 5.56 Å². The standard InChI is InChI=1S/C16H23N3O3S/c1-11(12-5-7-17-8-6-12)18-14(20)13-9-23-10-19(13)15(21)22-16(2,3)4/h5-8,11,13H,9-10H2,1-4H3,(H,18,20)/t11-,13+/m0/s1. The highest BCUT2D eigenvalue weighted by Gasteiger charge is 2.37. The summed E-state index contributed by atoms with van der Waals surface area (Å²) in [6.45, 7) is 7.35. The van der Waals surface area contributed by atoms with Gasteiger partial charge in [0, 0.05) is 18.1 Å². The molecule has 1 aromatic rings. The van der Waals surface area contributed by atoms with Crippen LogP contribution in [0.4, 0.5) is 4.79 Å². The van der Waals surface area contributed by atoms with Gasteiger partial charge in [-0.3, -0.25) is 14.7 Å². The Bertz CT molecular complexity index is 559. The van der Waals surface area contributed by atoms with E-state index in [2.05, 4.69) is 10.3 Å². The van der Waals surface area contributed by atoms with Crippen LogP contribution in [-0.4, -0.2) is 45.2 Å². The van der Waals surface area contributed by atoms with Gasteiger partial charge in [-0.15, -0.1) is 11.8 Å². The number of nitrogens with zero attached hydrogens (tertiary/aromatic N) is 2. The van der Waals surface area contributed by atoms with Crippen LogP contribution in [0.1, 0.15) is 39.3 Å². The summed E-state index contributed by atoms with van der Waals surface area (Å²) in [5, 5.41) is 2.96. The molecule has 2 atom stereocenters. The quantitative estimate of drug-likeness (QED) is 0.918. The van der Waals surface area contributed by atoms with Gasteiger partial charge in [0.15, 0.2) is 0 Å². The number of pyridine rings is 1. The van der Waals surface area contributed by atoms with E-state index in [9.17, 15) is 9.59 Å². The topological polar surface area (TPSA) is 71.5 Å². The van der Waals surface area contributed by atoms with Crippen LogP contribution in [0.2, 0.25) is 0 Å². The SMILES string of the molecule is C[C@H](NC(=O)[C@H]1CSCN1C(=O)OC(C)(C)C)c1ccncc1. The molecule has 0 saturated carbocycles. The molecule has 2 amide bonds. The van der Waals surface area contributed by atoms with Crippen molar-refractivity contribution in [1.82, 2.24) is 15.2 Å². The minimum Gasteiger partial charge on any atom is -0.444 e. The summed E-state index contributed by atoms with van der Waals surface area (Å²) >= 11 is 1.55. The molecule has 1 N–H and O–H groups in total. The number of thioether (sulfide) groups is 1. The molecule has 0 aromatic carbocycles. The summed E-state index contributed by atoms with van der Waals surface area (Å²) in [6.07, 6.45) is 2.94. The molecule has 1 aliphatic rings. The van der Waals surface area contributed by atoms with Crippen LogP contribution in [0.5, 0.6) is 0 Å². The second-order valence-corrected chi connectivity index (χ2v) is 7.48. The van der Waals surface area contributed by atoms with E-state index in [4.69, 9.17) is 4.74 Å². The van der Waals surface area contributed by atoms with Gasteiger partial charge in [0.05, 0.1) is 11.9 Å². The molecular weight excluding hydrogens is 314 g/mol. The van der Waals surface area contributed by atoms with Crippen LogP contribution < -0.4 is 5.32 Å². The Kier molecular flexibility index (Phi) is 5.51. The summed E-state index contributed by atoms with van der Waals surface area (Å²) < 4.78 is 5.38. The summed E-state index contributed by atoms with van der Waals surface area (Å²) in [5.41, 5.74) is 0.401. The van der Waals surface area contributed by atoms with Crippen molar-refractivity contribution in [2.45, 2.75) is 45.4 Å². The predicted octanol–water partition coefficient (Wildman–Crippen LogP) is 2.57. The lowest BCUT2D eigenvalue weighted by Gasteiger charge is -2.28. The summed E-state index contributed by atoms with van der Waals surface area (Å²) in [6, 6.07) is 3.08. The predicted molar refractivity (Wildman–Crippen MR) is 90.0 cm³/mol. The third-order valence-electron chi connectivity index (χ3n) is 3.38. The summed E-state index contributed by atoms with van der Waals surface area (Å²) in [4.78, 5) is 30.2. The molecule has 1 fully saturated rings. The first-order chi connectivity index (χ1) is 10.8. The Hall–Kier alpha value is -1.76. The molecular formula is C16H23N3O3S. The number of carbonyl (C=O) groups is 2. The molecule has 23 heavy (non-hydrogen) atoms. The maximum atomic E-state index is 12.5. The van der Waals surface area contributed by atoms with Crippen molar-refractivity contribution >= 4 is 23.8 Å². The summed E-state index contributed by atoms with van der Waals surface area (Å²) in [7, 11) is 0. The minimum atomic E-state index is -0.574. The first kappa shape index (κ1) is 17.6. The summed E-state index contributed by atoms with van der Waals surface area (Å²) in [5.74, 6) is 0.885. The molecule has 126 valence electrons. The third-order valence-corrected chi connectivity index (χ3v) is 4.39. The van der Waals surface area contributed by atoms with Crippen LogP contribution in [0, 0.1) is 0 Å². The first-order valence-electron chi connectivity index (χ1n) is 7.55. The molecule has 0 unspecified atom stereocenters. The van der Waals surface area contributed by atoms with Crippen molar-refractivity contribution < 1.29 is 14.3 Å². The van der Waals surface area contributed by atoms with Crippen molar-refractivity contribution in [3.63, 3.8) is 0 Å². The molecule has 1 saturated heterocycles. The van der Waals surface area contributed by atoms with Crippen LogP contribution in [0.25, 0.3) is 0 Å². The largest absolute Gasteiger partial charge is 0.444 e. The number of rotatable bonds is 3. The number of carbonyl (C=O) groups excluding carboxylic acids is 2. The second-order valence-electron chi connectivity index (χ2n) is 6.48. The molecule has 0 bridgehead atoms. The molecule has 0 radical (unpaired) electrons. The van der Waals surface area contributed by atoms with Gasteiger partial charge >= 0.3 is 6.09 Å². The first-order valence-corrected chi connectivity index (χ1v) is 8.71. The monoisotopic (exact) mass is 337 g/mol. The third kappa shape index (κ3) is 4.86. The van der Waals surface area contributed by atoms with Gasteiger partial charge in [-0.2, -0.15) is 0 Å². The minimum absolute atomic E-state index is 0.142. The Morgan fingerprint density at radius 1 is 1.39 bits per heavy atom. The lowest BCUT2D eigenvalue weighted by atomic mass is 10.1. The van der Waals surface area contributed by atoms with Gasteiger partial charge in [0.2, 0.25) is 5.91 Å². The van der Waals surface area contributed by atoms with Crippen LogP contribution in [0.3, 0.4) is 0 Å².